The molecule has 2 atom stereocenters. The number of aromatic nitrogens is 1. The lowest BCUT2D eigenvalue weighted by molar-refractivity contribution is 0.130. The standard InChI is InChI=1S/C37H56N2O10P2/c1-21(2)46-50(42,47-22(3)4)36(29-17-25(9)34(40)32(19-29)44-13)39(31-16-15-27(11)38-28(31)12)37(51(43,48-23(5)6)49-24(7)8)30-18-26(10)35(41)33(20-30)45-14/h15-24,36-37,40-41H,1-14H3. The predicted octanol–water partition coefficient (Wildman–Crippen LogP) is 10.0. The summed E-state index contributed by atoms with van der Waals surface area (Å²) < 4.78 is 68.3. The van der Waals surface area contributed by atoms with Crippen molar-refractivity contribution in [1.29, 1.82) is 0 Å². The van der Waals surface area contributed by atoms with E-state index in [-0.39, 0.29) is 23.0 Å². The quantitative estimate of drug-likeness (QED) is 0.127. The minimum Gasteiger partial charge on any atom is -0.504 e. The lowest BCUT2D eigenvalue weighted by Gasteiger charge is -2.45. The second kappa shape index (κ2) is 17.1. The van der Waals surface area contributed by atoms with Crippen molar-refractivity contribution >= 4 is 20.9 Å². The minimum atomic E-state index is -4.39. The number of hydrogen-bond acceptors (Lipinski definition) is 12. The fourth-order valence-corrected chi connectivity index (χ4v) is 11.1. The van der Waals surface area contributed by atoms with E-state index >= 15 is 9.13 Å². The summed E-state index contributed by atoms with van der Waals surface area (Å²) in [6, 6.07) is 10.1. The van der Waals surface area contributed by atoms with Crippen LogP contribution in [0.25, 0.3) is 0 Å². The molecule has 3 aromatic rings. The summed E-state index contributed by atoms with van der Waals surface area (Å²) in [5, 5.41) is 21.9. The van der Waals surface area contributed by atoms with Gasteiger partial charge >= 0.3 is 15.2 Å². The largest absolute Gasteiger partial charge is 0.504 e. The number of nitrogens with zero attached hydrogens (tertiary/aromatic N) is 2. The van der Waals surface area contributed by atoms with Gasteiger partial charge in [-0.15, -0.1) is 0 Å². The molecule has 1 aromatic heterocycles. The van der Waals surface area contributed by atoms with Crippen LogP contribution in [0.4, 0.5) is 5.69 Å². The Balaban J connectivity index is 2.76. The van der Waals surface area contributed by atoms with Crippen LogP contribution in [0.2, 0.25) is 0 Å². The minimum absolute atomic E-state index is 0.100. The Morgan fingerprint density at radius 3 is 1.25 bits per heavy atom. The average molecular weight is 751 g/mol. The third-order valence-corrected chi connectivity index (χ3v) is 12.8. The second-order valence-corrected chi connectivity index (χ2v) is 17.7. The molecule has 3 rings (SSSR count). The smallest absolute Gasteiger partial charge is 0.357 e. The molecule has 2 unspecified atom stereocenters. The van der Waals surface area contributed by atoms with Crippen LogP contribution in [0, 0.1) is 27.7 Å². The van der Waals surface area contributed by atoms with Gasteiger partial charge in [0.15, 0.2) is 34.6 Å². The Morgan fingerprint density at radius 1 is 0.608 bits per heavy atom. The zero-order valence-electron chi connectivity index (χ0n) is 32.4. The number of benzene rings is 2. The van der Waals surface area contributed by atoms with Gasteiger partial charge in [-0.1, -0.05) is 0 Å². The van der Waals surface area contributed by atoms with Crippen molar-refractivity contribution < 1.29 is 46.9 Å². The van der Waals surface area contributed by atoms with Gasteiger partial charge in [0.2, 0.25) is 0 Å². The summed E-state index contributed by atoms with van der Waals surface area (Å²) in [5.41, 5.74) is 3.22. The Bertz CT molecular complexity index is 1630. The zero-order chi connectivity index (χ0) is 38.6. The first kappa shape index (κ1) is 42.3. The molecule has 0 radical (unpaired) electrons. The topological polar surface area (TPSA) is 146 Å². The molecular weight excluding hydrogens is 694 g/mol. The van der Waals surface area contributed by atoms with Crippen molar-refractivity contribution in [3.63, 3.8) is 0 Å². The van der Waals surface area contributed by atoms with Crippen LogP contribution in [0.15, 0.2) is 36.4 Å². The number of aryl methyl sites for hydroxylation is 4. The molecule has 1 heterocycles. The molecule has 0 aliphatic rings. The van der Waals surface area contributed by atoms with Gasteiger partial charge in [-0.2, -0.15) is 0 Å². The molecule has 0 amide bonds. The maximum atomic E-state index is 15.8. The van der Waals surface area contributed by atoms with E-state index in [4.69, 9.17) is 32.6 Å². The van der Waals surface area contributed by atoms with Gasteiger partial charge in [0.1, 0.15) is 0 Å². The number of hydrogen-bond donors (Lipinski definition) is 2. The molecule has 14 heteroatoms. The number of anilines is 1. The normalized spacial score (nSPS) is 13.7. The summed E-state index contributed by atoms with van der Waals surface area (Å²) in [7, 11) is -5.93. The molecule has 0 bridgehead atoms. The summed E-state index contributed by atoms with van der Waals surface area (Å²) in [6.45, 7) is 21.0. The first-order chi connectivity index (χ1) is 23.7. The maximum Gasteiger partial charge on any atom is 0.357 e. The summed E-state index contributed by atoms with van der Waals surface area (Å²) in [4.78, 5) is 6.45. The fraction of sp³-hybridized carbons (Fsp3) is 0.541. The van der Waals surface area contributed by atoms with Gasteiger partial charge < -0.3 is 42.7 Å². The number of pyridine rings is 1. The molecule has 2 N–H and O–H groups in total. The second-order valence-electron chi connectivity index (χ2n) is 13.7. The predicted molar refractivity (Wildman–Crippen MR) is 201 cm³/mol. The molecule has 0 aliphatic heterocycles. The van der Waals surface area contributed by atoms with Crippen molar-refractivity contribution in [2.45, 2.75) is 119 Å². The van der Waals surface area contributed by atoms with Crippen LogP contribution in [-0.4, -0.2) is 53.8 Å². The van der Waals surface area contributed by atoms with Crippen LogP contribution in [-0.2, 0) is 27.2 Å². The highest BCUT2D eigenvalue weighted by Crippen LogP contribution is 2.72. The molecule has 0 fully saturated rings. The highest BCUT2D eigenvalue weighted by Gasteiger charge is 2.53. The van der Waals surface area contributed by atoms with Crippen LogP contribution in [0.5, 0.6) is 23.0 Å². The lowest BCUT2D eigenvalue weighted by atomic mass is 10.1. The van der Waals surface area contributed by atoms with Gasteiger partial charge in [0.05, 0.1) is 50.0 Å². The van der Waals surface area contributed by atoms with E-state index in [2.05, 4.69) is 0 Å². The van der Waals surface area contributed by atoms with E-state index < -0.39 is 51.2 Å². The number of methoxy groups -OCH3 is 2. The van der Waals surface area contributed by atoms with Crippen molar-refractivity contribution in [2.24, 2.45) is 0 Å². The van der Waals surface area contributed by atoms with E-state index in [1.165, 1.54) is 14.2 Å². The van der Waals surface area contributed by atoms with E-state index in [0.717, 1.165) is 0 Å². The molecule has 0 saturated carbocycles. The average Bonchev–Trinajstić information content (AvgIpc) is 2.98. The number of aromatic hydroxyl groups is 2. The SMILES string of the molecule is COc1cc(C(N(c2ccc(C)nc2C)C(c2cc(C)c(O)c(OC)c2)P(=O)(OC(C)C)OC(C)C)P(=O)(OC(C)C)OC(C)C)cc(C)c1O. The van der Waals surface area contributed by atoms with Gasteiger partial charge in [0.25, 0.3) is 0 Å². The first-order valence-corrected chi connectivity index (χ1v) is 20.3. The summed E-state index contributed by atoms with van der Waals surface area (Å²) in [6.07, 6.45) is -2.35. The summed E-state index contributed by atoms with van der Waals surface area (Å²) in [5.74, 6) is -2.71. The van der Waals surface area contributed by atoms with Crippen molar-refractivity contribution in [2.75, 3.05) is 19.1 Å². The number of phenolic OH excluding ortho intramolecular Hbond substituents is 2. The van der Waals surface area contributed by atoms with Crippen molar-refractivity contribution in [3.05, 3.63) is 70.0 Å². The Hall–Kier alpha value is -3.11. The number of phenols is 2. The zero-order valence-corrected chi connectivity index (χ0v) is 34.2. The maximum absolute atomic E-state index is 15.8. The van der Waals surface area contributed by atoms with Crippen LogP contribution < -0.4 is 14.4 Å². The third-order valence-electron chi connectivity index (χ3n) is 7.64. The van der Waals surface area contributed by atoms with Crippen molar-refractivity contribution in [1.82, 2.24) is 4.98 Å². The molecule has 284 valence electrons. The van der Waals surface area contributed by atoms with E-state index in [9.17, 15) is 10.2 Å². The molecule has 12 nitrogen and oxygen atoms in total. The fourth-order valence-electron chi connectivity index (χ4n) is 5.95. The Morgan fingerprint density at radius 2 is 0.961 bits per heavy atom. The lowest BCUT2D eigenvalue weighted by Crippen LogP contribution is -2.37. The van der Waals surface area contributed by atoms with Gasteiger partial charge in [-0.3, -0.25) is 14.1 Å². The molecule has 0 aliphatic carbocycles. The Kier molecular flexibility index (Phi) is 14.2. The molecule has 51 heavy (non-hydrogen) atoms. The Labute approximate surface area is 303 Å². The first-order valence-electron chi connectivity index (χ1n) is 17.1. The van der Waals surface area contributed by atoms with E-state index in [1.807, 2.05) is 6.92 Å². The van der Waals surface area contributed by atoms with Crippen LogP contribution in [0.1, 0.15) is 101 Å². The number of ether oxygens (including phenoxy) is 2. The van der Waals surface area contributed by atoms with Gasteiger partial charge in [-0.25, -0.2) is 0 Å². The number of rotatable bonds is 17. The monoisotopic (exact) mass is 750 g/mol. The highest BCUT2D eigenvalue weighted by molar-refractivity contribution is 7.55. The summed E-state index contributed by atoms with van der Waals surface area (Å²) >= 11 is 0. The van der Waals surface area contributed by atoms with Crippen LogP contribution >= 0.6 is 15.2 Å². The molecule has 0 saturated heterocycles. The van der Waals surface area contributed by atoms with E-state index in [0.29, 0.717) is 39.3 Å². The van der Waals surface area contributed by atoms with Gasteiger partial charge in [0, 0.05) is 5.69 Å². The molecular formula is C37H56N2O10P2. The van der Waals surface area contributed by atoms with Gasteiger partial charge in [-0.05, 0) is 142 Å². The highest BCUT2D eigenvalue weighted by atomic mass is 31.2. The molecule has 2 aromatic carbocycles. The van der Waals surface area contributed by atoms with Crippen LogP contribution in [0.3, 0.4) is 0 Å². The third kappa shape index (κ3) is 9.86. The van der Waals surface area contributed by atoms with E-state index in [1.54, 1.807) is 117 Å². The molecule has 0 spiro atoms. The van der Waals surface area contributed by atoms with Crippen molar-refractivity contribution in [3.8, 4) is 23.0 Å².